The quantitative estimate of drug-likeness (QED) is 0.374. The lowest BCUT2D eigenvalue weighted by molar-refractivity contribution is -0.142. The van der Waals surface area contributed by atoms with Crippen LogP contribution in [-0.4, -0.2) is 24.8 Å². The third-order valence-electron chi connectivity index (χ3n) is 2.58. The smallest absolute Gasteiger partial charge is 0.338 e. The molecular weight excluding hydrogens is 168 g/mol. The molecule has 0 aromatic rings. The molecule has 0 bridgehead atoms. The number of hydrogen-bond acceptors (Lipinski definition) is 3. The monoisotopic (exact) mass is 186 g/mol. The first-order chi connectivity index (χ1) is 6.14. The average Bonchev–Trinajstić information content (AvgIpc) is 2.78. The number of ether oxygens (including phenoxy) is 2. The molecule has 13 heavy (non-hydrogen) atoms. The van der Waals surface area contributed by atoms with Crippen molar-refractivity contribution in [3.8, 4) is 0 Å². The van der Waals surface area contributed by atoms with Crippen LogP contribution in [0.15, 0.2) is 0 Å². The molecule has 0 N–H and O–H groups in total. The molecule has 0 saturated carbocycles. The van der Waals surface area contributed by atoms with Crippen molar-refractivity contribution in [2.75, 3.05) is 7.11 Å². The standard InChI is InChI=1S/C10H18O3/c1-4-5-6-7-10(2)8(13-10)9(11)12-3/h8H,4-7H2,1-3H3. The van der Waals surface area contributed by atoms with E-state index in [1.54, 1.807) is 0 Å². The van der Waals surface area contributed by atoms with E-state index in [2.05, 4.69) is 11.7 Å². The third-order valence-corrected chi connectivity index (χ3v) is 2.58. The molecule has 2 unspecified atom stereocenters. The number of unbranched alkanes of at least 4 members (excludes halogenated alkanes) is 2. The van der Waals surface area contributed by atoms with Gasteiger partial charge in [0.1, 0.15) is 5.60 Å². The van der Waals surface area contributed by atoms with E-state index in [4.69, 9.17) is 4.74 Å². The van der Waals surface area contributed by atoms with Gasteiger partial charge < -0.3 is 9.47 Å². The lowest BCUT2D eigenvalue weighted by Gasteiger charge is -2.04. The maximum absolute atomic E-state index is 11.1. The van der Waals surface area contributed by atoms with E-state index in [-0.39, 0.29) is 17.7 Å². The second-order valence-electron chi connectivity index (χ2n) is 3.79. The Labute approximate surface area is 79.4 Å². The minimum Gasteiger partial charge on any atom is -0.467 e. The fourth-order valence-corrected chi connectivity index (χ4v) is 1.56. The Morgan fingerprint density at radius 2 is 2.23 bits per heavy atom. The lowest BCUT2D eigenvalue weighted by Crippen LogP contribution is -2.18. The van der Waals surface area contributed by atoms with Gasteiger partial charge in [0.05, 0.1) is 7.11 Å². The Kier molecular flexibility index (Phi) is 3.31. The molecule has 1 aliphatic heterocycles. The van der Waals surface area contributed by atoms with E-state index in [9.17, 15) is 4.79 Å². The predicted octanol–water partition coefficient (Wildman–Crippen LogP) is 1.90. The lowest BCUT2D eigenvalue weighted by atomic mass is 10.00. The Hall–Kier alpha value is -0.570. The Morgan fingerprint density at radius 3 is 2.77 bits per heavy atom. The van der Waals surface area contributed by atoms with Gasteiger partial charge in [0, 0.05) is 0 Å². The van der Waals surface area contributed by atoms with Crippen LogP contribution in [0.4, 0.5) is 0 Å². The summed E-state index contributed by atoms with van der Waals surface area (Å²) in [5.74, 6) is -0.237. The van der Waals surface area contributed by atoms with Gasteiger partial charge in [-0.25, -0.2) is 4.79 Å². The molecule has 2 atom stereocenters. The summed E-state index contributed by atoms with van der Waals surface area (Å²) in [5.41, 5.74) is -0.234. The largest absolute Gasteiger partial charge is 0.467 e. The zero-order chi connectivity index (χ0) is 9.90. The molecule has 0 aliphatic carbocycles. The topological polar surface area (TPSA) is 38.8 Å². The number of carbonyl (C=O) groups is 1. The van der Waals surface area contributed by atoms with E-state index in [0.29, 0.717) is 0 Å². The number of carbonyl (C=O) groups excluding carboxylic acids is 1. The number of esters is 1. The van der Waals surface area contributed by atoms with Gasteiger partial charge in [0.2, 0.25) is 0 Å². The van der Waals surface area contributed by atoms with Crippen molar-refractivity contribution in [3.63, 3.8) is 0 Å². The first-order valence-corrected chi connectivity index (χ1v) is 4.89. The summed E-state index contributed by atoms with van der Waals surface area (Å²) in [6, 6.07) is 0. The molecule has 76 valence electrons. The normalized spacial score (nSPS) is 31.5. The van der Waals surface area contributed by atoms with Gasteiger partial charge >= 0.3 is 5.97 Å². The second kappa shape index (κ2) is 4.09. The molecular formula is C10H18O3. The molecule has 0 spiro atoms. The van der Waals surface area contributed by atoms with E-state index in [0.717, 1.165) is 12.8 Å². The van der Waals surface area contributed by atoms with E-state index in [1.807, 2.05) is 6.92 Å². The molecule has 1 rings (SSSR count). The van der Waals surface area contributed by atoms with Gasteiger partial charge in [-0.1, -0.05) is 26.2 Å². The summed E-state index contributed by atoms with van der Waals surface area (Å²) >= 11 is 0. The molecule has 0 amide bonds. The summed E-state index contributed by atoms with van der Waals surface area (Å²) < 4.78 is 9.94. The SMILES string of the molecule is CCCCCC1(C)OC1C(=O)OC. The average molecular weight is 186 g/mol. The summed E-state index contributed by atoms with van der Waals surface area (Å²) in [7, 11) is 1.40. The fourth-order valence-electron chi connectivity index (χ4n) is 1.56. The highest BCUT2D eigenvalue weighted by molar-refractivity contribution is 5.79. The van der Waals surface area contributed by atoms with Crippen LogP contribution in [0, 0.1) is 0 Å². The van der Waals surface area contributed by atoms with Crippen LogP contribution in [0.2, 0.25) is 0 Å². The minimum absolute atomic E-state index is 0.234. The summed E-state index contributed by atoms with van der Waals surface area (Å²) in [6.45, 7) is 4.14. The highest BCUT2D eigenvalue weighted by Crippen LogP contribution is 2.41. The van der Waals surface area contributed by atoms with Crippen molar-refractivity contribution in [1.82, 2.24) is 0 Å². The molecule has 1 fully saturated rings. The van der Waals surface area contributed by atoms with Gasteiger partial charge in [0.25, 0.3) is 0 Å². The van der Waals surface area contributed by atoms with Crippen LogP contribution in [-0.2, 0) is 14.3 Å². The molecule has 0 aromatic heterocycles. The Morgan fingerprint density at radius 1 is 1.54 bits per heavy atom. The predicted molar refractivity (Wildman–Crippen MR) is 49.4 cm³/mol. The highest BCUT2D eigenvalue weighted by atomic mass is 16.6. The molecule has 1 saturated heterocycles. The second-order valence-corrected chi connectivity index (χ2v) is 3.79. The Bertz CT molecular complexity index is 191. The molecule has 0 radical (unpaired) electrons. The maximum Gasteiger partial charge on any atom is 0.338 e. The molecule has 0 aromatic carbocycles. The Balaban J connectivity index is 2.24. The van der Waals surface area contributed by atoms with E-state index >= 15 is 0 Å². The summed E-state index contributed by atoms with van der Waals surface area (Å²) in [6.07, 6.45) is 4.17. The molecule has 1 aliphatic rings. The van der Waals surface area contributed by atoms with Gasteiger partial charge in [-0.05, 0) is 13.3 Å². The third kappa shape index (κ3) is 2.44. The van der Waals surface area contributed by atoms with Gasteiger partial charge in [0.15, 0.2) is 6.10 Å². The van der Waals surface area contributed by atoms with E-state index < -0.39 is 0 Å². The van der Waals surface area contributed by atoms with Crippen molar-refractivity contribution >= 4 is 5.97 Å². The molecule has 1 heterocycles. The maximum atomic E-state index is 11.1. The first-order valence-electron chi connectivity index (χ1n) is 4.89. The van der Waals surface area contributed by atoms with Crippen LogP contribution in [0.1, 0.15) is 39.5 Å². The van der Waals surface area contributed by atoms with Crippen LogP contribution < -0.4 is 0 Å². The highest BCUT2D eigenvalue weighted by Gasteiger charge is 2.57. The number of epoxide rings is 1. The van der Waals surface area contributed by atoms with Crippen LogP contribution in [0.25, 0.3) is 0 Å². The summed E-state index contributed by atoms with van der Waals surface area (Å²) in [4.78, 5) is 11.1. The number of rotatable bonds is 5. The minimum atomic E-state index is -0.311. The fraction of sp³-hybridized carbons (Fsp3) is 0.900. The molecule has 3 heteroatoms. The van der Waals surface area contributed by atoms with Crippen molar-refractivity contribution in [1.29, 1.82) is 0 Å². The van der Waals surface area contributed by atoms with Crippen molar-refractivity contribution in [2.45, 2.75) is 51.2 Å². The van der Waals surface area contributed by atoms with Crippen LogP contribution in [0.5, 0.6) is 0 Å². The zero-order valence-corrected chi connectivity index (χ0v) is 8.63. The molecule has 3 nitrogen and oxygen atoms in total. The van der Waals surface area contributed by atoms with Crippen molar-refractivity contribution in [3.05, 3.63) is 0 Å². The summed E-state index contributed by atoms with van der Waals surface area (Å²) in [5, 5.41) is 0. The van der Waals surface area contributed by atoms with Gasteiger partial charge in [-0.2, -0.15) is 0 Å². The van der Waals surface area contributed by atoms with E-state index in [1.165, 1.54) is 20.0 Å². The van der Waals surface area contributed by atoms with Gasteiger partial charge in [-0.15, -0.1) is 0 Å². The zero-order valence-electron chi connectivity index (χ0n) is 8.63. The van der Waals surface area contributed by atoms with Crippen molar-refractivity contribution in [2.24, 2.45) is 0 Å². The first kappa shape index (κ1) is 10.5. The number of hydrogen-bond donors (Lipinski definition) is 0. The van der Waals surface area contributed by atoms with Crippen molar-refractivity contribution < 1.29 is 14.3 Å². The van der Waals surface area contributed by atoms with Gasteiger partial charge in [-0.3, -0.25) is 0 Å². The van der Waals surface area contributed by atoms with Crippen LogP contribution in [0.3, 0.4) is 0 Å². The van der Waals surface area contributed by atoms with Crippen LogP contribution >= 0.6 is 0 Å². The number of methoxy groups -OCH3 is 1.